The van der Waals surface area contributed by atoms with Crippen LogP contribution in [0.25, 0.3) is 0 Å². The summed E-state index contributed by atoms with van der Waals surface area (Å²) >= 11 is 0. The lowest BCUT2D eigenvalue weighted by molar-refractivity contribution is 0.316. The smallest absolute Gasteiger partial charge is 0.146 e. The maximum Gasteiger partial charge on any atom is 0.146 e. The van der Waals surface area contributed by atoms with Gasteiger partial charge in [-0.1, -0.05) is 5.16 Å². The van der Waals surface area contributed by atoms with Gasteiger partial charge in [-0.3, -0.25) is 0 Å². The van der Waals surface area contributed by atoms with Gasteiger partial charge in [0.15, 0.2) is 0 Å². The molecule has 1 rings (SSSR count). The Balaban J connectivity index is 2.26. The molecular formula is C8H16N6O. The van der Waals surface area contributed by atoms with E-state index in [0.29, 0.717) is 19.5 Å². The molecule has 0 spiro atoms. The lowest BCUT2D eigenvalue weighted by Gasteiger charge is -2.04. The predicted octanol–water partition coefficient (Wildman–Crippen LogP) is -0.476. The molecule has 0 unspecified atom stereocenters. The van der Waals surface area contributed by atoms with E-state index in [9.17, 15) is 0 Å². The van der Waals surface area contributed by atoms with E-state index >= 15 is 0 Å². The zero-order chi connectivity index (χ0) is 11.1. The Labute approximate surface area is 88.0 Å². The van der Waals surface area contributed by atoms with E-state index in [2.05, 4.69) is 20.7 Å². The summed E-state index contributed by atoms with van der Waals surface area (Å²) in [4.78, 5) is 0. The van der Waals surface area contributed by atoms with Crippen LogP contribution in [0.15, 0.2) is 11.5 Å². The number of aryl methyl sites for hydroxylation is 1. The third-order valence-corrected chi connectivity index (χ3v) is 2.01. The fourth-order valence-electron chi connectivity index (χ4n) is 1.15. The molecule has 7 heteroatoms. The summed E-state index contributed by atoms with van der Waals surface area (Å²) in [5, 5.41) is 22.1. The predicted molar refractivity (Wildman–Crippen MR) is 55.4 cm³/mol. The van der Waals surface area contributed by atoms with Gasteiger partial charge in [-0.25, -0.2) is 0 Å². The van der Waals surface area contributed by atoms with Crippen molar-refractivity contribution in [2.24, 2.45) is 10.9 Å². The second kappa shape index (κ2) is 5.97. The minimum atomic E-state index is 0.222. The van der Waals surface area contributed by atoms with Crippen molar-refractivity contribution in [2.45, 2.75) is 26.4 Å². The summed E-state index contributed by atoms with van der Waals surface area (Å²) in [6.45, 7) is 4.16. The number of nitrogens with two attached hydrogens (primary N) is 1. The first-order valence-electron chi connectivity index (χ1n) is 4.81. The van der Waals surface area contributed by atoms with Crippen LogP contribution in [0.1, 0.15) is 19.2 Å². The lowest BCUT2D eigenvalue weighted by Crippen LogP contribution is -2.23. The first-order chi connectivity index (χ1) is 7.27. The zero-order valence-corrected chi connectivity index (χ0v) is 8.72. The fraction of sp³-hybridized carbons (Fsp3) is 0.625. The molecular weight excluding hydrogens is 196 g/mol. The minimum absolute atomic E-state index is 0.222. The van der Waals surface area contributed by atoms with E-state index < -0.39 is 0 Å². The Hall–Kier alpha value is -1.63. The maximum absolute atomic E-state index is 8.31. The lowest BCUT2D eigenvalue weighted by atomic mass is 10.4. The van der Waals surface area contributed by atoms with E-state index in [4.69, 9.17) is 10.9 Å². The van der Waals surface area contributed by atoms with Crippen molar-refractivity contribution in [3.63, 3.8) is 0 Å². The molecule has 7 nitrogen and oxygen atoms in total. The van der Waals surface area contributed by atoms with Gasteiger partial charge in [-0.15, -0.1) is 10.2 Å². The van der Waals surface area contributed by atoms with Crippen molar-refractivity contribution in [2.75, 3.05) is 6.54 Å². The Bertz CT molecular complexity index is 321. The van der Waals surface area contributed by atoms with Crippen LogP contribution in [0.3, 0.4) is 0 Å². The maximum atomic E-state index is 8.31. The highest BCUT2D eigenvalue weighted by Gasteiger charge is 2.01. The molecule has 0 aliphatic carbocycles. The molecule has 1 aromatic heterocycles. The van der Waals surface area contributed by atoms with Crippen LogP contribution >= 0.6 is 0 Å². The fourth-order valence-corrected chi connectivity index (χ4v) is 1.15. The van der Waals surface area contributed by atoms with Gasteiger partial charge in [-0.2, -0.15) is 0 Å². The van der Waals surface area contributed by atoms with Crippen LogP contribution in [-0.2, 0) is 13.1 Å². The van der Waals surface area contributed by atoms with E-state index in [1.54, 1.807) is 6.33 Å². The van der Waals surface area contributed by atoms with Crippen LogP contribution in [0, 0.1) is 0 Å². The number of hydrogen-bond donors (Lipinski definition) is 3. The van der Waals surface area contributed by atoms with Crippen molar-refractivity contribution in [1.82, 2.24) is 20.1 Å². The number of nitrogens with zero attached hydrogens (tertiary/aromatic N) is 4. The van der Waals surface area contributed by atoms with E-state index in [0.717, 1.165) is 12.4 Å². The Morgan fingerprint density at radius 1 is 1.73 bits per heavy atom. The largest absolute Gasteiger partial charge is 0.409 e. The molecule has 0 aliphatic rings. The normalized spacial score (nSPS) is 11.9. The molecule has 15 heavy (non-hydrogen) atoms. The molecule has 0 bridgehead atoms. The molecule has 0 saturated carbocycles. The first-order valence-corrected chi connectivity index (χ1v) is 4.81. The van der Waals surface area contributed by atoms with Crippen LogP contribution in [-0.4, -0.2) is 32.4 Å². The summed E-state index contributed by atoms with van der Waals surface area (Å²) in [7, 11) is 0. The average molecular weight is 212 g/mol. The number of oxime groups is 1. The van der Waals surface area contributed by atoms with Gasteiger partial charge in [0, 0.05) is 19.5 Å². The number of amidine groups is 1. The molecule has 0 amide bonds. The van der Waals surface area contributed by atoms with Crippen LogP contribution < -0.4 is 11.1 Å². The summed E-state index contributed by atoms with van der Waals surface area (Å²) in [5.41, 5.74) is 5.32. The first kappa shape index (κ1) is 11.4. The van der Waals surface area contributed by atoms with Crippen LogP contribution in [0.2, 0.25) is 0 Å². The molecule has 0 aromatic carbocycles. The summed E-state index contributed by atoms with van der Waals surface area (Å²) < 4.78 is 1.95. The van der Waals surface area contributed by atoms with Crippen molar-refractivity contribution < 1.29 is 5.21 Å². The van der Waals surface area contributed by atoms with E-state index in [1.807, 2.05) is 11.5 Å². The van der Waals surface area contributed by atoms with Gasteiger partial charge in [0.2, 0.25) is 0 Å². The summed E-state index contributed by atoms with van der Waals surface area (Å²) in [6.07, 6.45) is 2.21. The summed E-state index contributed by atoms with van der Waals surface area (Å²) in [5.74, 6) is 1.11. The zero-order valence-electron chi connectivity index (χ0n) is 8.72. The van der Waals surface area contributed by atoms with E-state index in [-0.39, 0.29) is 5.84 Å². The minimum Gasteiger partial charge on any atom is -0.409 e. The van der Waals surface area contributed by atoms with Crippen LogP contribution in [0.4, 0.5) is 0 Å². The molecule has 84 valence electrons. The van der Waals surface area contributed by atoms with Crippen molar-refractivity contribution in [3.05, 3.63) is 12.2 Å². The number of hydrogen-bond acceptors (Lipinski definition) is 5. The second-order valence-electron chi connectivity index (χ2n) is 3.05. The van der Waals surface area contributed by atoms with Gasteiger partial charge in [0.05, 0.1) is 6.54 Å². The Morgan fingerprint density at radius 3 is 3.20 bits per heavy atom. The average Bonchev–Trinajstić information content (AvgIpc) is 2.71. The molecule has 4 N–H and O–H groups in total. The number of aromatic nitrogens is 3. The van der Waals surface area contributed by atoms with Crippen molar-refractivity contribution >= 4 is 5.84 Å². The molecule has 0 atom stereocenters. The van der Waals surface area contributed by atoms with Gasteiger partial charge >= 0.3 is 0 Å². The quantitative estimate of drug-likeness (QED) is 0.194. The number of nitrogens with one attached hydrogen (secondary N) is 1. The van der Waals surface area contributed by atoms with E-state index in [1.165, 1.54) is 0 Å². The third-order valence-electron chi connectivity index (χ3n) is 2.01. The Morgan fingerprint density at radius 2 is 2.53 bits per heavy atom. The van der Waals surface area contributed by atoms with Crippen molar-refractivity contribution in [1.29, 1.82) is 0 Å². The highest BCUT2D eigenvalue weighted by molar-refractivity contribution is 5.79. The molecule has 1 aromatic rings. The van der Waals surface area contributed by atoms with Gasteiger partial charge in [-0.05, 0) is 6.92 Å². The van der Waals surface area contributed by atoms with Gasteiger partial charge in [0.1, 0.15) is 18.0 Å². The topological polar surface area (TPSA) is 101 Å². The second-order valence-corrected chi connectivity index (χ2v) is 3.05. The third kappa shape index (κ3) is 3.55. The van der Waals surface area contributed by atoms with Crippen LogP contribution in [0.5, 0.6) is 0 Å². The molecule has 0 radical (unpaired) electrons. The summed E-state index contributed by atoms with van der Waals surface area (Å²) in [6, 6.07) is 0. The molecule has 0 saturated heterocycles. The van der Waals surface area contributed by atoms with Crippen molar-refractivity contribution in [3.8, 4) is 0 Å². The Kier molecular flexibility index (Phi) is 4.55. The number of rotatable bonds is 6. The highest BCUT2D eigenvalue weighted by atomic mass is 16.4. The molecule has 0 aliphatic heterocycles. The highest BCUT2D eigenvalue weighted by Crippen LogP contribution is 1.93. The molecule has 1 heterocycles. The SMILES string of the molecule is CCn1cnnc1CNCCC(N)=NO. The monoisotopic (exact) mass is 212 g/mol. The van der Waals surface area contributed by atoms with Gasteiger partial charge in [0.25, 0.3) is 0 Å². The molecule has 0 fully saturated rings. The van der Waals surface area contributed by atoms with Gasteiger partial charge < -0.3 is 20.8 Å². The standard InChI is InChI=1S/C8H16N6O/c1-2-14-6-11-12-8(14)5-10-4-3-7(9)13-15/h6,10,15H,2-5H2,1H3,(H2,9,13).